The van der Waals surface area contributed by atoms with Crippen molar-refractivity contribution in [3.8, 4) is 0 Å². The van der Waals surface area contributed by atoms with Crippen molar-refractivity contribution in [3.05, 3.63) is 0 Å². The Labute approximate surface area is 56.2 Å². The van der Waals surface area contributed by atoms with Gasteiger partial charge in [-0.25, -0.2) is 0 Å². The van der Waals surface area contributed by atoms with Crippen LogP contribution in [-0.2, 0) is 9.47 Å². The SMILES string of the molecule is CCC1CO[C@H](CC)O1. The molecule has 0 aromatic carbocycles. The van der Waals surface area contributed by atoms with Crippen molar-refractivity contribution in [2.75, 3.05) is 6.61 Å². The van der Waals surface area contributed by atoms with Crippen LogP contribution in [0, 0.1) is 0 Å². The average Bonchev–Trinajstić information content (AvgIpc) is 2.34. The van der Waals surface area contributed by atoms with Gasteiger partial charge in [0.2, 0.25) is 0 Å². The fourth-order valence-corrected chi connectivity index (χ4v) is 0.936. The van der Waals surface area contributed by atoms with E-state index in [0.29, 0.717) is 6.10 Å². The van der Waals surface area contributed by atoms with Gasteiger partial charge in [0.05, 0.1) is 12.7 Å². The molecule has 9 heavy (non-hydrogen) atoms. The zero-order valence-corrected chi connectivity index (χ0v) is 6.09. The third kappa shape index (κ3) is 1.66. The summed E-state index contributed by atoms with van der Waals surface area (Å²) < 4.78 is 10.7. The second-order valence-electron chi connectivity index (χ2n) is 2.34. The maximum atomic E-state index is 5.44. The van der Waals surface area contributed by atoms with Gasteiger partial charge in [0, 0.05) is 0 Å². The Balaban J connectivity index is 2.20. The van der Waals surface area contributed by atoms with Gasteiger partial charge >= 0.3 is 0 Å². The molecule has 0 amide bonds. The number of hydrogen-bond acceptors (Lipinski definition) is 2. The summed E-state index contributed by atoms with van der Waals surface area (Å²) in [4.78, 5) is 0. The van der Waals surface area contributed by atoms with Crippen molar-refractivity contribution in [1.82, 2.24) is 0 Å². The molecule has 1 fully saturated rings. The molecule has 0 spiro atoms. The van der Waals surface area contributed by atoms with Crippen LogP contribution in [0.15, 0.2) is 0 Å². The molecule has 1 aliphatic heterocycles. The minimum absolute atomic E-state index is 0.0787. The Morgan fingerprint density at radius 3 is 2.44 bits per heavy atom. The highest BCUT2D eigenvalue weighted by molar-refractivity contribution is 4.61. The van der Waals surface area contributed by atoms with Crippen molar-refractivity contribution in [3.63, 3.8) is 0 Å². The first-order valence-corrected chi connectivity index (χ1v) is 3.63. The molecule has 2 nitrogen and oxygen atoms in total. The lowest BCUT2D eigenvalue weighted by Crippen LogP contribution is -2.09. The van der Waals surface area contributed by atoms with Crippen molar-refractivity contribution < 1.29 is 9.47 Å². The molecule has 2 heteroatoms. The Kier molecular flexibility index (Phi) is 2.49. The molecule has 0 radical (unpaired) electrons. The molecular formula is C7H14O2. The molecule has 0 saturated carbocycles. The fourth-order valence-electron chi connectivity index (χ4n) is 0.936. The van der Waals surface area contributed by atoms with E-state index in [0.717, 1.165) is 19.4 Å². The predicted octanol–water partition coefficient (Wildman–Crippen LogP) is 1.55. The number of rotatable bonds is 2. The summed E-state index contributed by atoms with van der Waals surface area (Å²) in [5.41, 5.74) is 0. The van der Waals surface area contributed by atoms with E-state index in [2.05, 4.69) is 13.8 Å². The molecule has 0 N–H and O–H groups in total. The van der Waals surface area contributed by atoms with Gasteiger partial charge in [0.25, 0.3) is 0 Å². The summed E-state index contributed by atoms with van der Waals surface area (Å²) in [6.07, 6.45) is 2.47. The van der Waals surface area contributed by atoms with Crippen LogP contribution in [0.3, 0.4) is 0 Å². The zero-order valence-electron chi connectivity index (χ0n) is 6.09. The van der Waals surface area contributed by atoms with Crippen LogP contribution >= 0.6 is 0 Å². The monoisotopic (exact) mass is 130 g/mol. The van der Waals surface area contributed by atoms with Crippen molar-refractivity contribution in [2.24, 2.45) is 0 Å². The fraction of sp³-hybridized carbons (Fsp3) is 1.00. The van der Waals surface area contributed by atoms with Gasteiger partial charge in [-0.15, -0.1) is 0 Å². The maximum absolute atomic E-state index is 5.44. The zero-order chi connectivity index (χ0) is 6.69. The van der Waals surface area contributed by atoms with Gasteiger partial charge in [-0.3, -0.25) is 0 Å². The summed E-state index contributed by atoms with van der Waals surface area (Å²) in [5.74, 6) is 0. The smallest absolute Gasteiger partial charge is 0.157 e. The van der Waals surface area contributed by atoms with Gasteiger partial charge in [-0.1, -0.05) is 13.8 Å². The third-order valence-corrected chi connectivity index (χ3v) is 1.60. The Bertz CT molecular complexity index is 73.0. The summed E-state index contributed by atoms with van der Waals surface area (Å²) in [5, 5.41) is 0. The van der Waals surface area contributed by atoms with Crippen LogP contribution in [0.5, 0.6) is 0 Å². The largest absolute Gasteiger partial charge is 0.350 e. The first kappa shape index (κ1) is 7.03. The van der Waals surface area contributed by atoms with E-state index >= 15 is 0 Å². The van der Waals surface area contributed by atoms with E-state index in [-0.39, 0.29) is 6.29 Å². The molecule has 2 atom stereocenters. The predicted molar refractivity (Wildman–Crippen MR) is 35.2 cm³/mol. The second-order valence-corrected chi connectivity index (χ2v) is 2.34. The molecule has 1 aliphatic rings. The molecular weight excluding hydrogens is 116 g/mol. The van der Waals surface area contributed by atoms with Gasteiger partial charge in [-0.2, -0.15) is 0 Å². The molecule has 0 bridgehead atoms. The lowest BCUT2D eigenvalue weighted by molar-refractivity contribution is -0.0588. The highest BCUT2D eigenvalue weighted by Gasteiger charge is 2.22. The van der Waals surface area contributed by atoms with Crippen LogP contribution in [0.1, 0.15) is 26.7 Å². The Morgan fingerprint density at radius 1 is 1.33 bits per heavy atom. The van der Waals surface area contributed by atoms with Crippen molar-refractivity contribution >= 4 is 0 Å². The van der Waals surface area contributed by atoms with Crippen LogP contribution < -0.4 is 0 Å². The van der Waals surface area contributed by atoms with E-state index < -0.39 is 0 Å². The Hall–Kier alpha value is -0.0800. The topological polar surface area (TPSA) is 18.5 Å². The summed E-state index contributed by atoms with van der Waals surface area (Å²) in [7, 11) is 0. The maximum Gasteiger partial charge on any atom is 0.157 e. The Morgan fingerprint density at radius 2 is 2.11 bits per heavy atom. The first-order valence-electron chi connectivity index (χ1n) is 3.63. The molecule has 1 unspecified atom stereocenters. The molecule has 1 rings (SSSR count). The van der Waals surface area contributed by atoms with Gasteiger partial charge in [0.15, 0.2) is 6.29 Å². The van der Waals surface area contributed by atoms with E-state index in [1.807, 2.05) is 0 Å². The number of hydrogen-bond donors (Lipinski definition) is 0. The number of ether oxygens (including phenoxy) is 2. The highest BCUT2D eigenvalue weighted by atomic mass is 16.7. The van der Waals surface area contributed by atoms with Crippen LogP contribution in [0.4, 0.5) is 0 Å². The molecule has 1 saturated heterocycles. The standard InChI is InChI=1S/C7H14O2/c1-3-6-5-8-7(4-2)9-6/h6-7H,3-5H2,1-2H3/t6?,7-/m0/s1. The highest BCUT2D eigenvalue weighted by Crippen LogP contribution is 2.15. The van der Waals surface area contributed by atoms with E-state index in [1.165, 1.54) is 0 Å². The summed E-state index contributed by atoms with van der Waals surface area (Å²) in [6.45, 7) is 4.98. The van der Waals surface area contributed by atoms with Crippen LogP contribution in [0.25, 0.3) is 0 Å². The molecule has 0 aromatic heterocycles. The minimum atomic E-state index is 0.0787. The lowest BCUT2D eigenvalue weighted by atomic mass is 10.3. The lowest BCUT2D eigenvalue weighted by Gasteiger charge is -2.05. The molecule has 1 heterocycles. The van der Waals surface area contributed by atoms with E-state index in [1.54, 1.807) is 0 Å². The van der Waals surface area contributed by atoms with Crippen LogP contribution in [0.2, 0.25) is 0 Å². The van der Waals surface area contributed by atoms with Gasteiger partial charge in [-0.05, 0) is 12.8 Å². The van der Waals surface area contributed by atoms with Gasteiger partial charge in [0.1, 0.15) is 0 Å². The average molecular weight is 130 g/mol. The molecule has 54 valence electrons. The van der Waals surface area contributed by atoms with Gasteiger partial charge < -0.3 is 9.47 Å². The quantitative estimate of drug-likeness (QED) is 0.564. The normalized spacial score (nSPS) is 35.3. The summed E-state index contributed by atoms with van der Waals surface area (Å²) >= 11 is 0. The van der Waals surface area contributed by atoms with E-state index in [4.69, 9.17) is 9.47 Å². The van der Waals surface area contributed by atoms with Crippen molar-refractivity contribution in [1.29, 1.82) is 0 Å². The summed E-state index contributed by atoms with van der Waals surface area (Å²) in [6, 6.07) is 0. The second kappa shape index (κ2) is 3.18. The molecule has 0 aromatic rings. The van der Waals surface area contributed by atoms with Crippen molar-refractivity contribution in [2.45, 2.75) is 39.1 Å². The third-order valence-electron chi connectivity index (χ3n) is 1.60. The first-order chi connectivity index (χ1) is 4.36. The molecule has 0 aliphatic carbocycles. The van der Waals surface area contributed by atoms with Crippen LogP contribution in [-0.4, -0.2) is 19.0 Å². The minimum Gasteiger partial charge on any atom is -0.350 e. The van der Waals surface area contributed by atoms with E-state index in [9.17, 15) is 0 Å².